The first-order chi connectivity index (χ1) is 2.56. The van der Waals surface area contributed by atoms with Crippen LogP contribution in [-0.2, 0) is 24.5 Å². The Morgan fingerprint density at radius 1 is 1.67 bits per heavy atom. The molecule has 6 heavy (non-hydrogen) atoms. The van der Waals surface area contributed by atoms with E-state index < -0.39 is 7.82 Å². The molecule has 0 atom stereocenters. The van der Waals surface area contributed by atoms with Crippen molar-refractivity contribution in [1.29, 1.82) is 0 Å². The van der Waals surface area contributed by atoms with E-state index in [9.17, 15) is 4.57 Å². The molecule has 0 bridgehead atoms. The van der Waals surface area contributed by atoms with Gasteiger partial charge in [0, 0.05) is 0 Å². The molecular formula is H2FeO4P. The van der Waals surface area contributed by atoms with E-state index in [1.807, 2.05) is 0 Å². The van der Waals surface area contributed by atoms with Crippen molar-refractivity contribution in [2.24, 2.45) is 0 Å². The molecule has 0 aromatic rings. The third-order valence-electron chi connectivity index (χ3n) is 0.0841. The molecule has 0 aliphatic carbocycles. The average molecular weight is 153 g/mol. The Labute approximate surface area is 42.9 Å². The van der Waals surface area contributed by atoms with Crippen molar-refractivity contribution >= 4 is 7.82 Å². The fourth-order valence-corrected chi connectivity index (χ4v) is 0. The van der Waals surface area contributed by atoms with Crippen LogP contribution in [0.2, 0.25) is 0 Å². The van der Waals surface area contributed by atoms with Gasteiger partial charge < -0.3 is 0 Å². The molecule has 0 saturated heterocycles. The summed E-state index contributed by atoms with van der Waals surface area (Å²) in [7, 11) is -4.26. The summed E-state index contributed by atoms with van der Waals surface area (Å²) in [4.78, 5) is 15.3. The van der Waals surface area contributed by atoms with E-state index in [-0.39, 0.29) is 0 Å². The van der Waals surface area contributed by atoms with Gasteiger partial charge in [-0.25, -0.2) is 0 Å². The molecule has 2 N–H and O–H groups in total. The van der Waals surface area contributed by atoms with Crippen LogP contribution >= 0.6 is 7.82 Å². The van der Waals surface area contributed by atoms with E-state index in [0.29, 0.717) is 0 Å². The van der Waals surface area contributed by atoms with Crippen molar-refractivity contribution in [2.75, 3.05) is 0 Å². The van der Waals surface area contributed by atoms with Crippen LogP contribution < -0.4 is 0 Å². The zero-order valence-corrected chi connectivity index (χ0v) is 4.51. The SMILES string of the molecule is O=P(O)(O)[O][Fe]. The molecule has 0 aromatic carbocycles. The third-order valence-corrected chi connectivity index (χ3v) is 1.04. The van der Waals surface area contributed by atoms with Crippen LogP contribution in [0.25, 0.3) is 0 Å². The average Bonchev–Trinajstić information content (AvgIpc) is 1.35. The van der Waals surface area contributed by atoms with Crippen molar-refractivity contribution < 1.29 is 34.3 Å². The van der Waals surface area contributed by atoms with Gasteiger partial charge in [-0.2, -0.15) is 0 Å². The first-order valence-corrected chi connectivity index (χ1v) is 2.89. The zero-order chi connectivity index (χ0) is 5.21. The molecule has 0 rings (SSSR count). The van der Waals surface area contributed by atoms with E-state index >= 15 is 0 Å². The van der Waals surface area contributed by atoms with E-state index in [1.165, 1.54) is 0 Å². The van der Waals surface area contributed by atoms with Gasteiger partial charge in [-0.05, 0) is 0 Å². The molecule has 0 spiro atoms. The van der Waals surface area contributed by atoms with Crippen molar-refractivity contribution in [3.8, 4) is 0 Å². The van der Waals surface area contributed by atoms with E-state index in [0.717, 1.165) is 0 Å². The number of hydrogen-bond acceptors (Lipinski definition) is 2. The van der Waals surface area contributed by atoms with Crippen LogP contribution in [0.3, 0.4) is 0 Å². The molecule has 0 aliphatic heterocycles. The van der Waals surface area contributed by atoms with Gasteiger partial charge in [0.1, 0.15) is 0 Å². The second kappa shape index (κ2) is 2.07. The van der Waals surface area contributed by atoms with E-state index in [2.05, 4.69) is 19.9 Å². The van der Waals surface area contributed by atoms with Crippen LogP contribution in [0.15, 0.2) is 0 Å². The molecule has 0 saturated carbocycles. The third kappa shape index (κ3) is 4.63. The van der Waals surface area contributed by atoms with Crippen LogP contribution in [0.5, 0.6) is 0 Å². The summed E-state index contributed by atoms with van der Waals surface area (Å²) in [5, 5.41) is 0. The fraction of sp³-hybridized carbons (Fsp3) is 0. The standard InChI is InChI=1S/Fe.H3O4P/c;1-5(2,3)4/h;(H3,1,2,3,4)/q+1;/p-1. The predicted molar refractivity (Wildman–Crippen MR) is 13.1 cm³/mol. The molecule has 6 heteroatoms. The van der Waals surface area contributed by atoms with Crippen LogP contribution in [0.1, 0.15) is 0 Å². The topological polar surface area (TPSA) is 66.8 Å². The minimum absolute atomic E-state index is 2.49. The molecule has 0 fully saturated rings. The van der Waals surface area contributed by atoms with Crippen LogP contribution in [0.4, 0.5) is 0 Å². The maximum absolute atomic E-state index is 9.41. The van der Waals surface area contributed by atoms with Gasteiger partial charge in [-0.1, -0.05) is 0 Å². The van der Waals surface area contributed by atoms with Gasteiger partial charge in [-0.15, -0.1) is 0 Å². The van der Waals surface area contributed by atoms with Crippen LogP contribution in [-0.4, -0.2) is 9.79 Å². The molecule has 0 amide bonds. The summed E-state index contributed by atoms with van der Waals surface area (Å²) in [5.74, 6) is 0. The van der Waals surface area contributed by atoms with E-state index in [1.54, 1.807) is 0 Å². The van der Waals surface area contributed by atoms with E-state index in [4.69, 9.17) is 9.79 Å². The first-order valence-electron chi connectivity index (χ1n) is 0.909. The Balaban J connectivity index is 3.48. The second-order valence-electron chi connectivity index (χ2n) is 0.555. The van der Waals surface area contributed by atoms with Crippen LogP contribution in [0, 0.1) is 0 Å². The molecular weight excluding hydrogens is 151 g/mol. The predicted octanol–water partition coefficient (Wildman–Crippen LogP) is -0.443. The van der Waals surface area contributed by atoms with Crippen molar-refractivity contribution in [3.05, 3.63) is 0 Å². The Bertz CT molecular complexity index is 71.6. The Kier molecular flexibility index (Phi) is 2.29. The molecule has 0 aromatic heterocycles. The molecule has 0 radical (unpaired) electrons. The minimum atomic E-state index is -4.26. The Morgan fingerprint density at radius 3 is 1.83 bits per heavy atom. The van der Waals surface area contributed by atoms with Gasteiger partial charge >= 0.3 is 42.1 Å². The maximum atomic E-state index is 9.41. The molecule has 0 aliphatic rings. The Hall–Kier alpha value is 0.629. The normalized spacial score (nSPS) is 11.8. The summed E-state index contributed by atoms with van der Waals surface area (Å²) < 4.78 is 12.8. The number of hydrogen-bond donors (Lipinski definition) is 2. The van der Waals surface area contributed by atoms with Crippen molar-refractivity contribution in [1.82, 2.24) is 0 Å². The molecule has 0 heterocycles. The summed E-state index contributed by atoms with van der Waals surface area (Å²) >= 11 is 2.49. The van der Waals surface area contributed by atoms with Gasteiger partial charge in [0.05, 0.1) is 0 Å². The fourth-order valence-electron chi connectivity index (χ4n) is 0. The summed E-state index contributed by atoms with van der Waals surface area (Å²) in [6.45, 7) is 0. The summed E-state index contributed by atoms with van der Waals surface area (Å²) in [5.41, 5.74) is 0. The molecule has 0 unspecified atom stereocenters. The first kappa shape index (κ1) is 6.63. The van der Waals surface area contributed by atoms with Crippen molar-refractivity contribution in [2.45, 2.75) is 0 Å². The quantitative estimate of drug-likeness (QED) is 0.395. The number of rotatable bonds is 1. The molecule has 39 valence electrons. The second-order valence-corrected chi connectivity index (χ2v) is 2.27. The zero-order valence-electron chi connectivity index (χ0n) is 2.51. The van der Waals surface area contributed by atoms with Crippen molar-refractivity contribution in [3.63, 3.8) is 0 Å². The molecule has 4 nitrogen and oxygen atoms in total. The summed E-state index contributed by atoms with van der Waals surface area (Å²) in [6.07, 6.45) is 0. The Morgan fingerprint density at radius 2 is 1.83 bits per heavy atom. The van der Waals surface area contributed by atoms with Gasteiger partial charge in [-0.3, -0.25) is 0 Å². The van der Waals surface area contributed by atoms with Gasteiger partial charge in [0.25, 0.3) is 0 Å². The summed E-state index contributed by atoms with van der Waals surface area (Å²) in [6, 6.07) is 0. The van der Waals surface area contributed by atoms with Gasteiger partial charge in [0.15, 0.2) is 0 Å². The monoisotopic (exact) mass is 153 g/mol. The van der Waals surface area contributed by atoms with Gasteiger partial charge in [0.2, 0.25) is 0 Å². The number of phosphoric acid groups is 1.